The first-order valence-electron chi connectivity index (χ1n) is 9.07. The topological polar surface area (TPSA) is 38.1 Å². The predicted molar refractivity (Wildman–Crippen MR) is 97.6 cm³/mol. The van der Waals surface area contributed by atoms with Gasteiger partial charge in [-0.1, -0.05) is 17.7 Å². The third-order valence-electron chi connectivity index (χ3n) is 5.67. The number of carbonyl (C=O) groups is 1. The number of carbonyl (C=O) groups excluding carboxylic acids is 1. The molecule has 25 heavy (non-hydrogen) atoms. The van der Waals surface area contributed by atoms with Gasteiger partial charge in [0.2, 0.25) is 0 Å². The van der Waals surface area contributed by atoms with Gasteiger partial charge in [0.25, 0.3) is 5.91 Å². The Kier molecular flexibility index (Phi) is 3.20. The van der Waals surface area contributed by atoms with Gasteiger partial charge >= 0.3 is 0 Å². The summed E-state index contributed by atoms with van der Waals surface area (Å²) in [5, 5.41) is 1.38. The van der Waals surface area contributed by atoms with Crippen LogP contribution in [0.15, 0.2) is 42.6 Å². The Balaban J connectivity index is 1.64. The number of aromatic nitrogens is 2. The van der Waals surface area contributed by atoms with Crippen molar-refractivity contribution in [3.63, 3.8) is 0 Å². The van der Waals surface area contributed by atoms with Crippen molar-refractivity contribution < 1.29 is 4.79 Å². The maximum atomic E-state index is 13.0. The van der Waals surface area contributed by atoms with Crippen LogP contribution in [0.5, 0.6) is 0 Å². The maximum Gasteiger partial charge on any atom is 0.273 e. The van der Waals surface area contributed by atoms with E-state index < -0.39 is 0 Å². The van der Waals surface area contributed by atoms with E-state index >= 15 is 0 Å². The molecular weight excluding hydrogens is 310 g/mol. The first kappa shape index (κ1) is 14.7. The summed E-state index contributed by atoms with van der Waals surface area (Å²) in [6.07, 6.45) is 4.99. The van der Waals surface area contributed by atoms with E-state index in [0.29, 0.717) is 5.69 Å². The van der Waals surface area contributed by atoms with E-state index in [0.717, 1.165) is 32.4 Å². The van der Waals surface area contributed by atoms with E-state index in [4.69, 9.17) is 0 Å². The molecule has 1 aliphatic heterocycles. The number of amides is 1. The molecule has 0 bridgehead atoms. The molecule has 5 rings (SSSR count). The van der Waals surface area contributed by atoms with Gasteiger partial charge in [-0.05, 0) is 56.0 Å². The van der Waals surface area contributed by atoms with Crippen LogP contribution in [0.1, 0.15) is 46.2 Å². The molecule has 1 aromatic carbocycles. The third-order valence-corrected chi connectivity index (χ3v) is 5.67. The fraction of sp³-hybridized carbons (Fsp3) is 0.333. The number of nitrogens with zero attached hydrogens (tertiary/aromatic N) is 3. The molecule has 1 amide bonds. The van der Waals surface area contributed by atoms with Crippen LogP contribution in [0.2, 0.25) is 0 Å². The zero-order valence-corrected chi connectivity index (χ0v) is 14.4. The Morgan fingerprint density at radius 1 is 1.20 bits per heavy atom. The van der Waals surface area contributed by atoms with Crippen LogP contribution in [0, 0.1) is 6.92 Å². The van der Waals surface area contributed by atoms with Crippen LogP contribution >= 0.6 is 0 Å². The van der Waals surface area contributed by atoms with Gasteiger partial charge in [0.05, 0.1) is 6.04 Å². The highest BCUT2D eigenvalue weighted by Gasteiger charge is 2.37. The lowest BCUT2D eigenvalue weighted by Gasteiger charge is -2.39. The summed E-state index contributed by atoms with van der Waals surface area (Å²) in [7, 11) is 0. The lowest BCUT2D eigenvalue weighted by atomic mass is 9.89. The van der Waals surface area contributed by atoms with Crippen molar-refractivity contribution in [1.82, 2.24) is 14.5 Å². The highest BCUT2D eigenvalue weighted by molar-refractivity contribution is 5.93. The van der Waals surface area contributed by atoms with Crippen LogP contribution < -0.4 is 0 Å². The normalized spacial score (nSPS) is 19.1. The van der Waals surface area contributed by atoms with Crippen LogP contribution in [0.25, 0.3) is 10.9 Å². The summed E-state index contributed by atoms with van der Waals surface area (Å²) in [4.78, 5) is 19.4. The van der Waals surface area contributed by atoms with Gasteiger partial charge in [-0.2, -0.15) is 0 Å². The highest BCUT2D eigenvalue weighted by Crippen LogP contribution is 2.43. The van der Waals surface area contributed by atoms with E-state index in [-0.39, 0.29) is 11.9 Å². The average molecular weight is 331 g/mol. The third kappa shape index (κ3) is 2.13. The molecule has 0 N–H and O–H groups in total. The van der Waals surface area contributed by atoms with Crippen molar-refractivity contribution in [2.75, 3.05) is 6.54 Å². The molecule has 1 aliphatic carbocycles. The number of hydrogen-bond donors (Lipinski definition) is 0. The lowest BCUT2D eigenvalue weighted by molar-refractivity contribution is 0.0595. The molecule has 4 heteroatoms. The van der Waals surface area contributed by atoms with Crippen molar-refractivity contribution in [3.05, 3.63) is 65.1 Å². The number of fused-ring (bicyclic) bond motifs is 3. The standard InChI is InChI=1S/C21H21N3O/c1-14-8-9-18-16(13-14)15-5-4-7-19-20(15)23(18)11-12-24(19)21(25)17-6-2-3-10-22-17/h2-3,6,8-10,13,19H,4-5,7,11-12H2,1H3/t19-/m0/s1. The van der Waals surface area contributed by atoms with E-state index in [2.05, 4.69) is 34.7 Å². The van der Waals surface area contributed by atoms with Crippen LogP contribution in [-0.4, -0.2) is 26.9 Å². The highest BCUT2D eigenvalue weighted by atomic mass is 16.2. The Bertz CT molecular complexity index is 974. The molecule has 0 radical (unpaired) electrons. The largest absolute Gasteiger partial charge is 0.341 e. The van der Waals surface area contributed by atoms with Gasteiger partial charge in [-0.25, -0.2) is 0 Å². The second-order valence-electron chi connectivity index (χ2n) is 7.16. The number of hydrogen-bond acceptors (Lipinski definition) is 2. The van der Waals surface area contributed by atoms with Crippen molar-refractivity contribution >= 4 is 16.8 Å². The molecule has 0 saturated heterocycles. The quantitative estimate of drug-likeness (QED) is 0.679. The Labute approximate surface area is 147 Å². The van der Waals surface area contributed by atoms with Crippen molar-refractivity contribution in [2.45, 2.75) is 38.8 Å². The minimum atomic E-state index is 0.0612. The lowest BCUT2D eigenvalue weighted by Crippen LogP contribution is -2.43. The molecular formula is C21H21N3O. The fourth-order valence-electron chi connectivity index (χ4n) is 4.60. The first-order chi connectivity index (χ1) is 12.2. The molecule has 0 fully saturated rings. The number of rotatable bonds is 1. The second-order valence-corrected chi connectivity index (χ2v) is 7.16. The van der Waals surface area contributed by atoms with Crippen LogP contribution in [0.4, 0.5) is 0 Å². The summed E-state index contributed by atoms with van der Waals surface area (Å²) in [6, 6.07) is 12.5. The molecule has 4 nitrogen and oxygen atoms in total. The molecule has 3 aromatic rings. The predicted octanol–water partition coefficient (Wildman–Crippen LogP) is 3.88. The van der Waals surface area contributed by atoms with E-state index in [1.165, 1.54) is 27.7 Å². The zero-order valence-electron chi connectivity index (χ0n) is 14.4. The van der Waals surface area contributed by atoms with E-state index in [1.807, 2.05) is 23.1 Å². The molecule has 3 heterocycles. The van der Waals surface area contributed by atoms with Gasteiger partial charge in [0.1, 0.15) is 5.69 Å². The fourth-order valence-corrected chi connectivity index (χ4v) is 4.60. The molecule has 0 saturated carbocycles. The molecule has 126 valence electrons. The Morgan fingerprint density at radius 2 is 2.12 bits per heavy atom. The Hall–Kier alpha value is -2.62. The monoisotopic (exact) mass is 331 g/mol. The number of aryl methyl sites for hydroxylation is 2. The molecule has 2 aliphatic rings. The second kappa shape index (κ2) is 5.45. The summed E-state index contributed by atoms with van der Waals surface area (Å²) in [5.41, 5.74) is 5.99. The number of benzene rings is 1. The van der Waals surface area contributed by atoms with Gasteiger partial charge in [0, 0.05) is 35.9 Å². The van der Waals surface area contributed by atoms with Crippen molar-refractivity contribution in [1.29, 1.82) is 0 Å². The zero-order chi connectivity index (χ0) is 17.0. The number of pyridine rings is 1. The van der Waals surface area contributed by atoms with E-state index in [1.54, 1.807) is 6.20 Å². The summed E-state index contributed by atoms with van der Waals surface area (Å²) in [5.74, 6) is 0.0612. The average Bonchev–Trinajstić information content (AvgIpc) is 2.97. The van der Waals surface area contributed by atoms with Crippen molar-refractivity contribution in [3.8, 4) is 0 Å². The van der Waals surface area contributed by atoms with Gasteiger partial charge in [-0.15, -0.1) is 0 Å². The summed E-state index contributed by atoms with van der Waals surface area (Å²) < 4.78 is 2.45. The molecule has 0 spiro atoms. The van der Waals surface area contributed by atoms with Gasteiger partial charge in [0.15, 0.2) is 0 Å². The SMILES string of the molecule is Cc1ccc2c(c1)c1c3n2CCN(C(=O)c2ccccn2)[C@H]3CCC1. The molecule has 1 atom stereocenters. The first-order valence-corrected chi connectivity index (χ1v) is 9.07. The Morgan fingerprint density at radius 3 is 2.96 bits per heavy atom. The minimum absolute atomic E-state index is 0.0612. The van der Waals surface area contributed by atoms with Gasteiger partial charge < -0.3 is 9.47 Å². The van der Waals surface area contributed by atoms with Gasteiger partial charge in [-0.3, -0.25) is 9.78 Å². The maximum absolute atomic E-state index is 13.0. The smallest absolute Gasteiger partial charge is 0.273 e. The van der Waals surface area contributed by atoms with E-state index in [9.17, 15) is 4.79 Å². The summed E-state index contributed by atoms with van der Waals surface area (Å²) in [6.45, 7) is 3.77. The summed E-state index contributed by atoms with van der Waals surface area (Å²) >= 11 is 0. The molecule has 2 aromatic heterocycles. The minimum Gasteiger partial charge on any atom is -0.341 e. The molecule has 0 unspecified atom stereocenters. The van der Waals surface area contributed by atoms with Crippen LogP contribution in [0.3, 0.4) is 0 Å². The van der Waals surface area contributed by atoms with Crippen molar-refractivity contribution in [2.24, 2.45) is 0 Å². The van der Waals surface area contributed by atoms with Crippen LogP contribution in [-0.2, 0) is 13.0 Å².